The predicted molar refractivity (Wildman–Crippen MR) is 98.5 cm³/mol. The third kappa shape index (κ3) is 6.16. The Morgan fingerprint density at radius 3 is 2.12 bits per heavy atom. The zero-order valence-corrected chi connectivity index (χ0v) is 14.9. The first-order valence-corrected chi connectivity index (χ1v) is 8.65. The standard InChI is InChI=1S/C21H23NO4/c1-2-26-20(24)14-13-19(23)16-22(15-17-9-5-3-6-10-17)21(25)18-11-7-4-8-12-18/h3-12H,2,13-16H2,1H3. The molecule has 0 bridgehead atoms. The van der Waals surface area contributed by atoms with Crippen molar-refractivity contribution in [1.29, 1.82) is 0 Å². The van der Waals surface area contributed by atoms with Crippen molar-refractivity contribution in [3.8, 4) is 0 Å². The monoisotopic (exact) mass is 353 g/mol. The van der Waals surface area contributed by atoms with Crippen LogP contribution in [-0.2, 0) is 20.9 Å². The highest BCUT2D eigenvalue weighted by Crippen LogP contribution is 2.11. The number of amides is 1. The zero-order chi connectivity index (χ0) is 18.8. The lowest BCUT2D eigenvalue weighted by molar-refractivity contribution is -0.144. The van der Waals surface area contributed by atoms with Gasteiger partial charge in [-0.15, -0.1) is 0 Å². The topological polar surface area (TPSA) is 63.7 Å². The predicted octanol–water partition coefficient (Wildman–Crippen LogP) is 3.24. The third-order valence-electron chi connectivity index (χ3n) is 3.80. The molecule has 2 aromatic carbocycles. The molecule has 0 heterocycles. The summed E-state index contributed by atoms with van der Waals surface area (Å²) in [6, 6.07) is 18.4. The molecule has 0 saturated heterocycles. The molecule has 0 aliphatic heterocycles. The van der Waals surface area contributed by atoms with E-state index in [9.17, 15) is 14.4 Å². The van der Waals surface area contributed by atoms with Gasteiger partial charge in [0.05, 0.1) is 19.6 Å². The lowest BCUT2D eigenvalue weighted by Gasteiger charge is -2.22. The molecule has 0 atom stereocenters. The summed E-state index contributed by atoms with van der Waals surface area (Å²) in [4.78, 5) is 38.0. The average Bonchev–Trinajstić information content (AvgIpc) is 2.67. The highest BCUT2D eigenvalue weighted by Gasteiger charge is 2.19. The molecule has 26 heavy (non-hydrogen) atoms. The number of Topliss-reactive ketones (excluding diaryl/α,β-unsaturated/α-hetero) is 1. The number of esters is 1. The van der Waals surface area contributed by atoms with E-state index in [4.69, 9.17) is 4.74 Å². The van der Waals surface area contributed by atoms with Gasteiger partial charge >= 0.3 is 5.97 Å². The largest absolute Gasteiger partial charge is 0.466 e. The Morgan fingerprint density at radius 2 is 1.50 bits per heavy atom. The number of ether oxygens (including phenoxy) is 1. The van der Waals surface area contributed by atoms with E-state index in [-0.39, 0.29) is 31.1 Å². The highest BCUT2D eigenvalue weighted by atomic mass is 16.5. The lowest BCUT2D eigenvalue weighted by atomic mass is 10.1. The SMILES string of the molecule is CCOC(=O)CCC(=O)CN(Cc1ccccc1)C(=O)c1ccccc1. The summed E-state index contributed by atoms with van der Waals surface area (Å²) in [6.45, 7) is 2.31. The van der Waals surface area contributed by atoms with Gasteiger partial charge in [-0.05, 0) is 24.6 Å². The molecule has 2 rings (SSSR count). The van der Waals surface area contributed by atoms with Crippen molar-refractivity contribution in [3.05, 3.63) is 71.8 Å². The first kappa shape index (κ1) is 19.4. The molecule has 0 unspecified atom stereocenters. The van der Waals surface area contributed by atoms with Crippen LogP contribution in [0.2, 0.25) is 0 Å². The molecular weight excluding hydrogens is 330 g/mol. The van der Waals surface area contributed by atoms with Crippen molar-refractivity contribution in [3.63, 3.8) is 0 Å². The molecule has 0 radical (unpaired) electrons. The van der Waals surface area contributed by atoms with Gasteiger partial charge in [0.25, 0.3) is 5.91 Å². The van der Waals surface area contributed by atoms with Gasteiger partial charge in [-0.1, -0.05) is 48.5 Å². The fourth-order valence-corrected chi connectivity index (χ4v) is 2.53. The van der Waals surface area contributed by atoms with Crippen molar-refractivity contribution < 1.29 is 19.1 Å². The molecule has 136 valence electrons. The van der Waals surface area contributed by atoms with E-state index in [0.717, 1.165) is 5.56 Å². The van der Waals surface area contributed by atoms with Crippen LogP contribution in [0, 0.1) is 0 Å². The van der Waals surface area contributed by atoms with Crippen LogP contribution in [0.3, 0.4) is 0 Å². The molecule has 1 amide bonds. The summed E-state index contributed by atoms with van der Waals surface area (Å²) in [6.07, 6.45) is 0.0948. The van der Waals surface area contributed by atoms with Crippen molar-refractivity contribution in [2.75, 3.05) is 13.2 Å². The summed E-state index contributed by atoms with van der Waals surface area (Å²) < 4.78 is 4.84. The Balaban J connectivity index is 2.06. The molecule has 0 spiro atoms. The number of carbonyl (C=O) groups excluding carboxylic acids is 3. The fourth-order valence-electron chi connectivity index (χ4n) is 2.53. The molecule has 5 nitrogen and oxygen atoms in total. The minimum absolute atomic E-state index is 0.0331. The van der Waals surface area contributed by atoms with Crippen molar-refractivity contribution in [2.45, 2.75) is 26.3 Å². The minimum Gasteiger partial charge on any atom is -0.466 e. The average molecular weight is 353 g/mol. The zero-order valence-electron chi connectivity index (χ0n) is 14.9. The second-order valence-corrected chi connectivity index (χ2v) is 5.86. The Kier molecular flexibility index (Phi) is 7.55. The number of benzene rings is 2. The maximum absolute atomic E-state index is 12.8. The van der Waals surface area contributed by atoms with E-state index >= 15 is 0 Å². The maximum Gasteiger partial charge on any atom is 0.306 e. The maximum atomic E-state index is 12.8. The van der Waals surface area contributed by atoms with Crippen LogP contribution in [0.25, 0.3) is 0 Å². The second-order valence-electron chi connectivity index (χ2n) is 5.86. The molecule has 0 aliphatic rings. The summed E-state index contributed by atoms with van der Waals surface area (Å²) in [5, 5.41) is 0. The lowest BCUT2D eigenvalue weighted by Crippen LogP contribution is -2.35. The second kappa shape index (κ2) is 10.1. The normalized spacial score (nSPS) is 10.2. The number of ketones is 1. The minimum atomic E-state index is -0.398. The number of nitrogens with zero attached hydrogens (tertiary/aromatic N) is 1. The van der Waals surface area contributed by atoms with Crippen LogP contribution in [0.5, 0.6) is 0 Å². The van der Waals surface area contributed by atoms with Crippen LogP contribution in [0.15, 0.2) is 60.7 Å². The Morgan fingerprint density at radius 1 is 0.885 bits per heavy atom. The van der Waals surface area contributed by atoms with Crippen molar-refractivity contribution in [1.82, 2.24) is 4.90 Å². The first-order valence-electron chi connectivity index (χ1n) is 8.65. The molecular formula is C21H23NO4. The Hall–Kier alpha value is -2.95. The number of hydrogen-bond donors (Lipinski definition) is 0. The fraction of sp³-hybridized carbons (Fsp3) is 0.286. The van der Waals surface area contributed by atoms with Gasteiger partial charge in [0, 0.05) is 18.5 Å². The quantitative estimate of drug-likeness (QED) is 0.649. The van der Waals surface area contributed by atoms with Crippen LogP contribution in [0.4, 0.5) is 0 Å². The van der Waals surface area contributed by atoms with Crippen molar-refractivity contribution >= 4 is 17.7 Å². The number of hydrogen-bond acceptors (Lipinski definition) is 4. The molecule has 0 saturated carbocycles. The van der Waals surface area contributed by atoms with Crippen LogP contribution >= 0.6 is 0 Å². The van der Waals surface area contributed by atoms with Gasteiger partial charge in [0.1, 0.15) is 0 Å². The smallest absolute Gasteiger partial charge is 0.306 e. The molecule has 0 aromatic heterocycles. The summed E-state index contributed by atoms with van der Waals surface area (Å²) in [5.74, 6) is -0.776. The molecule has 0 fully saturated rings. The number of rotatable bonds is 9. The van der Waals surface area contributed by atoms with Gasteiger partial charge in [-0.3, -0.25) is 14.4 Å². The first-order chi connectivity index (χ1) is 12.6. The van der Waals surface area contributed by atoms with E-state index in [1.54, 1.807) is 31.2 Å². The van der Waals surface area contributed by atoms with Crippen LogP contribution in [-0.4, -0.2) is 35.7 Å². The summed E-state index contributed by atoms with van der Waals surface area (Å²) in [5.41, 5.74) is 1.47. The van der Waals surface area contributed by atoms with Crippen molar-refractivity contribution in [2.24, 2.45) is 0 Å². The van der Waals surface area contributed by atoms with Gasteiger partial charge in [0.2, 0.25) is 0 Å². The van der Waals surface area contributed by atoms with E-state index < -0.39 is 5.97 Å². The number of carbonyl (C=O) groups is 3. The van der Waals surface area contributed by atoms with E-state index in [0.29, 0.717) is 18.7 Å². The van der Waals surface area contributed by atoms with Gasteiger partial charge in [-0.25, -0.2) is 0 Å². The highest BCUT2D eigenvalue weighted by molar-refractivity contribution is 5.97. The van der Waals surface area contributed by atoms with E-state index in [1.807, 2.05) is 36.4 Å². The molecule has 0 aliphatic carbocycles. The van der Waals surface area contributed by atoms with E-state index in [2.05, 4.69) is 0 Å². The van der Waals surface area contributed by atoms with Gasteiger partial charge < -0.3 is 9.64 Å². The Labute approximate surface area is 153 Å². The molecule has 2 aromatic rings. The molecule has 0 N–H and O–H groups in total. The van der Waals surface area contributed by atoms with Crippen LogP contribution < -0.4 is 0 Å². The van der Waals surface area contributed by atoms with Gasteiger partial charge in [-0.2, -0.15) is 0 Å². The van der Waals surface area contributed by atoms with Gasteiger partial charge in [0.15, 0.2) is 5.78 Å². The summed E-state index contributed by atoms with van der Waals surface area (Å²) in [7, 11) is 0. The summed E-state index contributed by atoms with van der Waals surface area (Å²) >= 11 is 0. The third-order valence-corrected chi connectivity index (χ3v) is 3.80. The molecule has 5 heteroatoms. The van der Waals surface area contributed by atoms with E-state index in [1.165, 1.54) is 4.90 Å². The Bertz CT molecular complexity index is 728. The van der Waals surface area contributed by atoms with Crippen LogP contribution in [0.1, 0.15) is 35.7 Å².